The second-order valence-electron chi connectivity index (χ2n) is 3.14. The van der Waals surface area contributed by atoms with Gasteiger partial charge in [-0.3, -0.25) is 9.53 Å². The van der Waals surface area contributed by atoms with Gasteiger partial charge in [0.05, 0.1) is 12.1 Å². The van der Waals surface area contributed by atoms with Gasteiger partial charge in [-0.15, -0.1) is 0 Å². The quantitative estimate of drug-likeness (QED) is 0.679. The molecule has 1 rings (SSSR count). The third kappa shape index (κ3) is 2.92. The van der Waals surface area contributed by atoms with Crippen LogP contribution in [0.5, 0.6) is 0 Å². The minimum absolute atomic E-state index is 0.0819. The summed E-state index contributed by atoms with van der Waals surface area (Å²) in [5.74, 6) is 1.58. The van der Waals surface area contributed by atoms with Crippen molar-refractivity contribution in [3.8, 4) is 6.07 Å². The van der Waals surface area contributed by atoms with Crippen LogP contribution in [0.2, 0.25) is 0 Å². The van der Waals surface area contributed by atoms with E-state index >= 15 is 0 Å². The van der Waals surface area contributed by atoms with E-state index in [1.54, 1.807) is 0 Å². The van der Waals surface area contributed by atoms with E-state index in [1.807, 2.05) is 6.92 Å². The molecular formula is C8H14N2OS. The zero-order valence-corrected chi connectivity index (χ0v) is 8.06. The van der Waals surface area contributed by atoms with E-state index < -0.39 is 10.8 Å². The molecule has 68 valence electrons. The molecule has 0 amide bonds. The lowest BCUT2D eigenvalue weighted by Gasteiger charge is -2.23. The van der Waals surface area contributed by atoms with Crippen molar-refractivity contribution in [1.82, 2.24) is 5.32 Å². The summed E-state index contributed by atoms with van der Waals surface area (Å²) >= 11 is 0. The molecule has 1 fully saturated rings. The maximum atomic E-state index is 11.0. The third-order valence-electron chi connectivity index (χ3n) is 2.07. The van der Waals surface area contributed by atoms with Crippen molar-refractivity contribution in [1.29, 1.82) is 5.26 Å². The van der Waals surface area contributed by atoms with Crippen LogP contribution in [-0.4, -0.2) is 27.8 Å². The number of nitrogens with one attached hydrogen (secondary N) is 1. The monoisotopic (exact) mass is 186 g/mol. The van der Waals surface area contributed by atoms with Crippen LogP contribution in [0.3, 0.4) is 0 Å². The van der Waals surface area contributed by atoms with Gasteiger partial charge in [-0.1, -0.05) is 0 Å². The number of rotatable bonds is 2. The molecule has 4 heteroatoms. The Morgan fingerprint density at radius 1 is 1.58 bits per heavy atom. The van der Waals surface area contributed by atoms with Crippen molar-refractivity contribution >= 4 is 10.8 Å². The molecule has 0 radical (unpaired) electrons. The first-order valence-electron chi connectivity index (χ1n) is 4.23. The van der Waals surface area contributed by atoms with Crippen LogP contribution < -0.4 is 5.32 Å². The summed E-state index contributed by atoms with van der Waals surface area (Å²) in [7, 11) is -0.601. The van der Waals surface area contributed by atoms with Crippen LogP contribution in [0.4, 0.5) is 0 Å². The predicted octanol–water partition coefficient (Wildman–Crippen LogP) is 0.399. The fraction of sp³-hybridized carbons (Fsp3) is 0.875. The van der Waals surface area contributed by atoms with Gasteiger partial charge in [0, 0.05) is 28.3 Å². The van der Waals surface area contributed by atoms with Crippen molar-refractivity contribution < 1.29 is 4.21 Å². The average Bonchev–Trinajstić information content (AvgIpc) is 2.09. The molecule has 0 aromatic heterocycles. The zero-order valence-electron chi connectivity index (χ0n) is 7.25. The van der Waals surface area contributed by atoms with Crippen molar-refractivity contribution in [2.75, 3.05) is 11.5 Å². The molecule has 0 bridgehead atoms. The van der Waals surface area contributed by atoms with E-state index in [1.165, 1.54) is 0 Å². The highest BCUT2D eigenvalue weighted by atomic mass is 32.2. The van der Waals surface area contributed by atoms with Crippen LogP contribution in [0, 0.1) is 11.3 Å². The maximum absolute atomic E-state index is 11.0. The summed E-state index contributed by atoms with van der Waals surface area (Å²) in [5, 5.41) is 11.7. The smallest absolute Gasteiger partial charge is 0.0926 e. The Labute approximate surface area is 75.6 Å². The Hall–Kier alpha value is -0.400. The molecule has 3 nitrogen and oxygen atoms in total. The van der Waals surface area contributed by atoms with Crippen molar-refractivity contribution in [2.24, 2.45) is 0 Å². The first-order chi connectivity index (χ1) is 5.72. The van der Waals surface area contributed by atoms with E-state index in [2.05, 4.69) is 11.4 Å². The normalized spacial score (nSPS) is 32.3. The highest BCUT2D eigenvalue weighted by molar-refractivity contribution is 7.85. The molecule has 0 spiro atoms. The first kappa shape index (κ1) is 9.69. The minimum atomic E-state index is -0.601. The fourth-order valence-corrected chi connectivity index (χ4v) is 2.65. The van der Waals surface area contributed by atoms with Gasteiger partial charge >= 0.3 is 0 Å². The van der Waals surface area contributed by atoms with E-state index in [0.717, 1.165) is 24.3 Å². The number of nitrogens with zero attached hydrogens (tertiary/aromatic N) is 1. The Morgan fingerprint density at radius 2 is 2.17 bits per heavy atom. The molecule has 1 aliphatic heterocycles. The lowest BCUT2D eigenvalue weighted by molar-refractivity contribution is 0.457. The van der Waals surface area contributed by atoms with Crippen molar-refractivity contribution in [3.63, 3.8) is 0 Å². The van der Waals surface area contributed by atoms with E-state index in [9.17, 15) is 4.21 Å². The summed E-state index contributed by atoms with van der Waals surface area (Å²) in [6.45, 7) is 1.85. The molecule has 1 saturated heterocycles. The van der Waals surface area contributed by atoms with Gasteiger partial charge in [0.25, 0.3) is 0 Å². The van der Waals surface area contributed by atoms with Gasteiger partial charge < -0.3 is 0 Å². The van der Waals surface area contributed by atoms with Gasteiger partial charge in [-0.2, -0.15) is 5.26 Å². The molecular weight excluding hydrogens is 172 g/mol. The molecule has 0 saturated carbocycles. The molecule has 1 N–H and O–H groups in total. The Bertz CT molecular complexity index is 202. The van der Waals surface area contributed by atoms with Crippen molar-refractivity contribution in [3.05, 3.63) is 0 Å². The molecule has 12 heavy (non-hydrogen) atoms. The van der Waals surface area contributed by atoms with Crippen LogP contribution in [0.25, 0.3) is 0 Å². The molecule has 0 aromatic carbocycles. The van der Waals surface area contributed by atoms with Crippen LogP contribution in [0.15, 0.2) is 0 Å². The summed E-state index contributed by atoms with van der Waals surface area (Å²) in [6.07, 6.45) is 1.89. The topological polar surface area (TPSA) is 52.9 Å². The molecule has 1 unspecified atom stereocenters. The van der Waals surface area contributed by atoms with E-state index in [-0.39, 0.29) is 6.04 Å². The number of hydrogen-bond donors (Lipinski definition) is 1. The maximum Gasteiger partial charge on any atom is 0.0926 e. The number of nitriles is 1. The van der Waals surface area contributed by atoms with Crippen LogP contribution >= 0.6 is 0 Å². The second kappa shape index (κ2) is 4.58. The summed E-state index contributed by atoms with van der Waals surface area (Å²) in [4.78, 5) is 0. The Morgan fingerprint density at radius 3 is 2.67 bits per heavy atom. The third-order valence-corrected chi connectivity index (χ3v) is 3.45. The highest BCUT2D eigenvalue weighted by Gasteiger charge is 2.18. The van der Waals surface area contributed by atoms with Crippen LogP contribution in [0.1, 0.15) is 19.8 Å². The molecule has 0 aliphatic carbocycles. The van der Waals surface area contributed by atoms with Gasteiger partial charge in [-0.25, -0.2) is 0 Å². The minimum Gasteiger partial charge on any atom is -0.299 e. The first-order valence-corrected chi connectivity index (χ1v) is 5.72. The predicted molar refractivity (Wildman–Crippen MR) is 49.1 cm³/mol. The van der Waals surface area contributed by atoms with Gasteiger partial charge in [-0.05, 0) is 19.8 Å². The summed E-state index contributed by atoms with van der Waals surface area (Å²) in [6, 6.07) is 2.45. The molecule has 1 aliphatic rings. The van der Waals surface area contributed by atoms with Crippen LogP contribution in [-0.2, 0) is 10.8 Å². The second-order valence-corrected chi connectivity index (χ2v) is 4.84. The summed E-state index contributed by atoms with van der Waals surface area (Å²) in [5.41, 5.74) is 0. The SMILES string of the molecule is CC(C#N)NC1CCS(=O)CC1. The van der Waals surface area contributed by atoms with E-state index in [0.29, 0.717) is 6.04 Å². The lowest BCUT2D eigenvalue weighted by atomic mass is 10.1. The Balaban J connectivity index is 2.27. The number of hydrogen-bond acceptors (Lipinski definition) is 3. The Kier molecular flexibility index (Phi) is 3.70. The van der Waals surface area contributed by atoms with Crippen molar-refractivity contribution in [2.45, 2.75) is 31.8 Å². The van der Waals surface area contributed by atoms with Gasteiger partial charge in [0.2, 0.25) is 0 Å². The standard InChI is InChI=1S/C8H14N2OS/c1-7(6-9)10-8-2-4-12(11)5-3-8/h7-8,10H,2-5H2,1H3. The van der Waals surface area contributed by atoms with Gasteiger partial charge in [0.1, 0.15) is 0 Å². The molecule has 1 heterocycles. The van der Waals surface area contributed by atoms with Gasteiger partial charge in [0.15, 0.2) is 0 Å². The zero-order chi connectivity index (χ0) is 8.97. The lowest BCUT2D eigenvalue weighted by Crippen LogP contribution is -2.40. The fourth-order valence-electron chi connectivity index (χ4n) is 1.35. The summed E-state index contributed by atoms with van der Waals surface area (Å²) < 4.78 is 11.0. The average molecular weight is 186 g/mol. The largest absolute Gasteiger partial charge is 0.299 e. The molecule has 1 atom stereocenters. The van der Waals surface area contributed by atoms with E-state index in [4.69, 9.17) is 5.26 Å². The molecule has 0 aromatic rings. The highest BCUT2D eigenvalue weighted by Crippen LogP contribution is 2.09.